The molecule has 2 heteroatoms. The highest BCUT2D eigenvalue weighted by Gasteiger charge is 2.06. The molecule has 1 atom stereocenters. The fourth-order valence-corrected chi connectivity index (χ4v) is 0.970. The van der Waals surface area contributed by atoms with Gasteiger partial charge in [0.25, 0.3) is 0 Å². The number of carbonyl (C=O) groups excluding carboxylic acids is 1. The summed E-state index contributed by atoms with van der Waals surface area (Å²) in [5, 5.41) is 0. The van der Waals surface area contributed by atoms with Crippen LogP contribution < -0.4 is 0 Å². The van der Waals surface area contributed by atoms with E-state index in [4.69, 9.17) is 4.74 Å². The van der Waals surface area contributed by atoms with Crippen molar-refractivity contribution in [2.24, 2.45) is 11.8 Å². The topological polar surface area (TPSA) is 26.3 Å². The predicted molar refractivity (Wildman–Crippen MR) is 54.4 cm³/mol. The maximum absolute atomic E-state index is 10.7. The fraction of sp³-hybridized carbons (Fsp3) is 0.727. The van der Waals surface area contributed by atoms with Crippen molar-refractivity contribution >= 4 is 5.97 Å². The lowest BCUT2D eigenvalue weighted by Crippen LogP contribution is -2.07. The summed E-state index contributed by atoms with van der Waals surface area (Å²) in [6.45, 7) is 10.5. The molecule has 1 unspecified atom stereocenters. The van der Waals surface area contributed by atoms with Gasteiger partial charge in [0.1, 0.15) is 0 Å². The smallest absolute Gasteiger partial charge is 0.330 e. The van der Waals surface area contributed by atoms with E-state index in [9.17, 15) is 4.79 Å². The van der Waals surface area contributed by atoms with Gasteiger partial charge in [-0.2, -0.15) is 0 Å². The van der Waals surface area contributed by atoms with Crippen LogP contribution in [-0.2, 0) is 9.53 Å². The van der Waals surface area contributed by atoms with E-state index in [1.165, 1.54) is 6.08 Å². The molecule has 0 bridgehead atoms. The monoisotopic (exact) mass is 184 g/mol. The van der Waals surface area contributed by atoms with Gasteiger partial charge in [0, 0.05) is 6.08 Å². The highest BCUT2D eigenvalue weighted by molar-refractivity contribution is 5.81. The van der Waals surface area contributed by atoms with Crippen molar-refractivity contribution < 1.29 is 9.53 Å². The Labute approximate surface area is 81.0 Å². The Morgan fingerprint density at radius 2 is 2.08 bits per heavy atom. The largest absolute Gasteiger partial charge is 0.463 e. The van der Waals surface area contributed by atoms with E-state index >= 15 is 0 Å². The molecule has 0 fully saturated rings. The average Bonchev–Trinajstić information content (AvgIpc) is 2.11. The van der Waals surface area contributed by atoms with E-state index in [2.05, 4.69) is 27.4 Å². The van der Waals surface area contributed by atoms with Gasteiger partial charge in [-0.15, -0.1) is 0 Å². The number of carbonyl (C=O) groups is 1. The molecule has 2 nitrogen and oxygen atoms in total. The SMILES string of the molecule is C=CC(=O)OCCCC(C)C(C)C. The zero-order valence-corrected chi connectivity index (χ0v) is 8.88. The van der Waals surface area contributed by atoms with Gasteiger partial charge < -0.3 is 4.74 Å². The molecule has 0 aromatic heterocycles. The van der Waals surface area contributed by atoms with Gasteiger partial charge in [-0.1, -0.05) is 27.4 Å². The number of hydrogen-bond acceptors (Lipinski definition) is 2. The highest BCUT2D eigenvalue weighted by atomic mass is 16.5. The molecule has 0 rings (SSSR count). The Balaban J connectivity index is 3.35. The fourth-order valence-electron chi connectivity index (χ4n) is 0.970. The zero-order valence-electron chi connectivity index (χ0n) is 8.88. The van der Waals surface area contributed by atoms with Crippen LogP contribution in [0.15, 0.2) is 12.7 Å². The molecule has 0 N–H and O–H groups in total. The van der Waals surface area contributed by atoms with Crippen LogP contribution in [0.3, 0.4) is 0 Å². The van der Waals surface area contributed by atoms with Crippen LogP contribution in [0, 0.1) is 11.8 Å². The van der Waals surface area contributed by atoms with Crippen molar-refractivity contribution in [3.8, 4) is 0 Å². The van der Waals surface area contributed by atoms with Crippen molar-refractivity contribution in [2.75, 3.05) is 6.61 Å². The molecular weight excluding hydrogens is 164 g/mol. The van der Waals surface area contributed by atoms with Crippen LogP contribution in [-0.4, -0.2) is 12.6 Å². The summed E-state index contributed by atoms with van der Waals surface area (Å²) >= 11 is 0. The second-order valence-corrected chi connectivity index (χ2v) is 3.74. The average molecular weight is 184 g/mol. The van der Waals surface area contributed by atoms with E-state index in [1.807, 2.05) is 0 Å². The first-order chi connectivity index (χ1) is 6.07. The van der Waals surface area contributed by atoms with E-state index in [-0.39, 0.29) is 5.97 Å². The number of esters is 1. The lowest BCUT2D eigenvalue weighted by molar-refractivity contribution is -0.137. The standard InChI is InChI=1S/C11H20O2/c1-5-11(12)13-8-6-7-10(4)9(2)3/h5,9-10H,1,6-8H2,2-4H3. The zero-order chi connectivity index (χ0) is 10.3. The van der Waals surface area contributed by atoms with Gasteiger partial charge in [-0.25, -0.2) is 4.79 Å². The third-order valence-electron chi connectivity index (χ3n) is 2.35. The lowest BCUT2D eigenvalue weighted by Gasteiger charge is -2.14. The summed E-state index contributed by atoms with van der Waals surface area (Å²) < 4.78 is 4.86. The minimum atomic E-state index is -0.322. The van der Waals surface area contributed by atoms with E-state index in [0.717, 1.165) is 12.8 Å². The second kappa shape index (κ2) is 6.70. The molecule has 0 aromatic rings. The van der Waals surface area contributed by atoms with Gasteiger partial charge in [0.05, 0.1) is 6.61 Å². The lowest BCUT2D eigenvalue weighted by atomic mass is 9.93. The molecule has 0 saturated carbocycles. The van der Waals surface area contributed by atoms with Crippen LogP contribution >= 0.6 is 0 Å². The van der Waals surface area contributed by atoms with Crippen LogP contribution in [0.4, 0.5) is 0 Å². The Hall–Kier alpha value is -0.790. The third kappa shape index (κ3) is 6.38. The third-order valence-corrected chi connectivity index (χ3v) is 2.35. The molecule has 0 heterocycles. The second-order valence-electron chi connectivity index (χ2n) is 3.74. The predicted octanol–water partition coefficient (Wildman–Crippen LogP) is 2.79. The Morgan fingerprint density at radius 3 is 2.54 bits per heavy atom. The van der Waals surface area contributed by atoms with Crippen molar-refractivity contribution in [1.82, 2.24) is 0 Å². The highest BCUT2D eigenvalue weighted by Crippen LogP contribution is 2.15. The number of ether oxygens (including phenoxy) is 1. The molecule has 13 heavy (non-hydrogen) atoms. The van der Waals surface area contributed by atoms with E-state index in [1.54, 1.807) is 0 Å². The first-order valence-corrected chi connectivity index (χ1v) is 4.87. The number of hydrogen-bond donors (Lipinski definition) is 0. The van der Waals surface area contributed by atoms with Crippen molar-refractivity contribution in [3.63, 3.8) is 0 Å². The van der Waals surface area contributed by atoms with Crippen molar-refractivity contribution in [3.05, 3.63) is 12.7 Å². The minimum Gasteiger partial charge on any atom is -0.463 e. The van der Waals surface area contributed by atoms with Gasteiger partial charge >= 0.3 is 5.97 Å². The number of rotatable bonds is 6. The van der Waals surface area contributed by atoms with Crippen LogP contribution in [0.5, 0.6) is 0 Å². The normalized spacial score (nSPS) is 12.6. The molecule has 0 spiro atoms. The van der Waals surface area contributed by atoms with Crippen LogP contribution in [0.2, 0.25) is 0 Å². The van der Waals surface area contributed by atoms with Crippen molar-refractivity contribution in [2.45, 2.75) is 33.6 Å². The molecule has 0 amide bonds. The summed E-state index contributed by atoms with van der Waals surface area (Å²) in [6.07, 6.45) is 3.26. The summed E-state index contributed by atoms with van der Waals surface area (Å²) in [6, 6.07) is 0. The van der Waals surface area contributed by atoms with Crippen molar-refractivity contribution in [1.29, 1.82) is 0 Å². The first kappa shape index (κ1) is 12.2. The summed E-state index contributed by atoms with van der Waals surface area (Å²) in [5.74, 6) is 1.08. The van der Waals surface area contributed by atoms with Gasteiger partial charge in [0.2, 0.25) is 0 Å². The molecule has 76 valence electrons. The van der Waals surface area contributed by atoms with E-state index in [0.29, 0.717) is 18.4 Å². The van der Waals surface area contributed by atoms with E-state index < -0.39 is 0 Å². The maximum Gasteiger partial charge on any atom is 0.330 e. The first-order valence-electron chi connectivity index (χ1n) is 4.87. The molecule has 0 aliphatic heterocycles. The Kier molecular flexibility index (Phi) is 6.29. The van der Waals surface area contributed by atoms with Gasteiger partial charge in [-0.05, 0) is 24.7 Å². The molecule has 0 aliphatic carbocycles. The molecule has 0 radical (unpaired) electrons. The Bertz CT molecular complexity index is 161. The summed E-state index contributed by atoms with van der Waals surface area (Å²) in [7, 11) is 0. The molecule has 0 aliphatic rings. The van der Waals surface area contributed by atoms with Gasteiger partial charge in [-0.3, -0.25) is 0 Å². The maximum atomic E-state index is 10.7. The summed E-state index contributed by atoms with van der Waals surface area (Å²) in [5.41, 5.74) is 0. The minimum absolute atomic E-state index is 0.322. The molecule has 0 aromatic carbocycles. The van der Waals surface area contributed by atoms with Crippen LogP contribution in [0.1, 0.15) is 33.6 Å². The van der Waals surface area contributed by atoms with Gasteiger partial charge in [0.15, 0.2) is 0 Å². The summed E-state index contributed by atoms with van der Waals surface area (Å²) in [4.78, 5) is 10.7. The van der Waals surface area contributed by atoms with Crippen LogP contribution in [0.25, 0.3) is 0 Å². The Morgan fingerprint density at radius 1 is 1.46 bits per heavy atom. The quantitative estimate of drug-likeness (QED) is 0.360. The molecular formula is C11H20O2. The molecule has 0 saturated heterocycles.